The Bertz CT molecular complexity index is 540. The third kappa shape index (κ3) is 4.14. The Morgan fingerprint density at radius 3 is 2.36 bits per heavy atom. The molecule has 0 aromatic heterocycles. The highest BCUT2D eigenvalue weighted by Gasteiger charge is 2.36. The fourth-order valence-electron chi connectivity index (χ4n) is 2.59. The van der Waals surface area contributed by atoms with Gasteiger partial charge in [-0.2, -0.15) is 13.2 Å². The van der Waals surface area contributed by atoms with Gasteiger partial charge in [-0.15, -0.1) is 12.4 Å². The Morgan fingerprint density at radius 1 is 1.23 bits per heavy atom. The summed E-state index contributed by atoms with van der Waals surface area (Å²) < 4.78 is 38.2. The fourth-order valence-corrected chi connectivity index (χ4v) is 2.59. The van der Waals surface area contributed by atoms with Crippen molar-refractivity contribution < 1.29 is 18.0 Å². The zero-order chi connectivity index (χ0) is 15.7. The lowest BCUT2D eigenvalue weighted by Gasteiger charge is -2.32. The first-order valence-electron chi connectivity index (χ1n) is 7.00. The van der Waals surface area contributed by atoms with Crippen LogP contribution in [0.5, 0.6) is 0 Å². The molecule has 124 valence electrons. The number of hydrogen-bond donors (Lipinski definition) is 2. The molecule has 0 bridgehead atoms. The number of anilines is 1. The third-order valence-corrected chi connectivity index (χ3v) is 4.01. The normalized spacial score (nSPS) is 17.5. The van der Waals surface area contributed by atoms with E-state index >= 15 is 0 Å². The molecule has 0 spiro atoms. The summed E-state index contributed by atoms with van der Waals surface area (Å²) in [4.78, 5) is 12.3. The average Bonchev–Trinajstić information content (AvgIpc) is 2.40. The molecule has 3 N–H and O–H groups in total. The highest BCUT2D eigenvalue weighted by Crippen LogP contribution is 2.33. The Balaban J connectivity index is 0.00000242. The molecule has 3 nitrogen and oxygen atoms in total. The van der Waals surface area contributed by atoms with Crippen LogP contribution in [-0.2, 0) is 11.0 Å². The maximum Gasteiger partial charge on any atom is 0.416 e. The second-order valence-corrected chi connectivity index (χ2v) is 5.70. The number of amides is 1. The summed E-state index contributed by atoms with van der Waals surface area (Å²) in [6, 6.07) is 3.31. The van der Waals surface area contributed by atoms with Crippen molar-refractivity contribution in [3.8, 4) is 0 Å². The van der Waals surface area contributed by atoms with Gasteiger partial charge in [-0.1, -0.05) is 25.3 Å². The number of benzene rings is 1. The summed E-state index contributed by atoms with van der Waals surface area (Å²) >= 11 is 0. The molecule has 1 saturated carbocycles. The van der Waals surface area contributed by atoms with E-state index in [1.165, 1.54) is 6.07 Å². The number of aryl methyl sites for hydroxylation is 1. The van der Waals surface area contributed by atoms with Crippen molar-refractivity contribution in [3.63, 3.8) is 0 Å². The van der Waals surface area contributed by atoms with Gasteiger partial charge in [-0.3, -0.25) is 4.79 Å². The van der Waals surface area contributed by atoms with Crippen LogP contribution in [0.4, 0.5) is 18.9 Å². The molecule has 2 rings (SSSR count). The number of carbonyl (C=O) groups is 1. The molecule has 1 fully saturated rings. The number of nitrogens with two attached hydrogens (primary N) is 1. The summed E-state index contributed by atoms with van der Waals surface area (Å²) in [7, 11) is 0. The van der Waals surface area contributed by atoms with Crippen molar-refractivity contribution in [1.29, 1.82) is 0 Å². The highest BCUT2D eigenvalue weighted by molar-refractivity contribution is 5.98. The van der Waals surface area contributed by atoms with Crippen LogP contribution in [0.2, 0.25) is 0 Å². The number of nitrogens with one attached hydrogen (secondary N) is 1. The molecule has 0 aliphatic heterocycles. The Morgan fingerprint density at radius 2 is 1.82 bits per heavy atom. The second kappa shape index (κ2) is 6.87. The van der Waals surface area contributed by atoms with Crippen LogP contribution in [0.25, 0.3) is 0 Å². The van der Waals surface area contributed by atoms with E-state index in [0.29, 0.717) is 18.4 Å². The molecule has 7 heteroatoms. The van der Waals surface area contributed by atoms with E-state index in [1.54, 1.807) is 6.92 Å². The van der Waals surface area contributed by atoms with E-state index in [0.717, 1.165) is 31.4 Å². The molecule has 1 aliphatic carbocycles. The second-order valence-electron chi connectivity index (χ2n) is 5.70. The lowest BCUT2D eigenvalue weighted by molar-refractivity contribution is -0.137. The molecule has 1 amide bonds. The molecule has 0 radical (unpaired) electrons. The van der Waals surface area contributed by atoms with Gasteiger partial charge in [0.15, 0.2) is 0 Å². The van der Waals surface area contributed by atoms with Crippen molar-refractivity contribution in [2.24, 2.45) is 5.73 Å². The van der Waals surface area contributed by atoms with Crippen LogP contribution in [0.3, 0.4) is 0 Å². The van der Waals surface area contributed by atoms with Gasteiger partial charge in [-0.25, -0.2) is 0 Å². The van der Waals surface area contributed by atoms with Gasteiger partial charge in [0.05, 0.1) is 11.1 Å². The number of rotatable bonds is 2. The van der Waals surface area contributed by atoms with Crippen molar-refractivity contribution >= 4 is 24.0 Å². The minimum absolute atomic E-state index is 0. The standard InChI is InChI=1S/C15H19F3N2O.ClH/c1-10-5-6-11(15(16,17)18)9-12(10)20-13(21)14(19)7-3-2-4-8-14;/h5-6,9H,2-4,7-8,19H2,1H3,(H,20,21);1H. The molecule has 0 unspecified atom stereocenters. The van der Waals surface area contributed by atoms with E-state index < -0.39 is 23.2 Å². The zero-order valence-electron chi connectivity index (χ0n) is 12.3. The summed E-state index contributed by atoms with van der Waals surface area (Å²) in [5, 5.41) is 2.57. The van der Waals surface area contributed by atoms with E-state index in [4.69, 9.17) is 5.73 Å². The first-order valence-corrected chi connectivity index (χ1v) is 7.00. The predicted molar refractivity (Wildman–Crippen MR) is 82.1 cm³/mol. The van der Waals surface area contributed by atoms with Crippen LogP contribution < -0.4 is 11.1 Å². The largest absolute Gasteiger partial charge is 0.416 e. The smallest absolute Gasteiger partial charge is 0.324 e. The SMILES string of the molecule is Cc1ccc(C(F)(F)F)cc1NC(=O)C1(N)CCCCC1.Cl. The lowest BCUT2D eigenvalue weighted by atomic mass is 9.82. The Hall–Kier alpha value is -1.27. The molecular formula is C15H20ClF3N2O. The van der Waals surface area contributed by atoms with Gasteiger partial charge < -0.3 is 11.1 Å². The van der Waals surface area contributed by atoms with Crippen molar-refractivity contribution in [2.45, 2.75) is 50.7 Å². The molecule has 1 aliphatic rings. The number of hydrogen-bond acceptors (Lipinski definition) is 2. The molecule has 1 aromatic rings. The molecule has 0 heterocycles. The van der Waals surface area contributed by atoms with Crippen molar-refractivity contribution in [1.82, 2.24) is 0 Å². The highest BCUT2D eigenvalue weighted by atomic mass is 35.5. The van der Waals surface area contributed by atoms with E-state index in [9.17, 15) is 18.0 Å². The van der Waals surface area contributed by atoms with Crippen molar-refractivity contribution in [2.75, 3.05) is 5.32 Å². The number of carbonyl (C=O) groups excluding carboxylic acids is 1. The van der Waals surface area contributed by atoms with E-state index in [1.807, 2.05) is 0 Å². The van der Waals surface area contributed by atoms with Gasteiger partial charge in [-0.05, 0) is 37.5 Å². The Kier molecular flexibility index (Phi) is 5.87. The predicted octanol–water partition coefficient (Wildman–Crippen LogP) is 4.04. The van der Waals surface area contributed by atoms with Crippen LogP contribution >= 0.6 is 12.4 Å². The van der Waals surface area contributed by atoms with Crippen LogP contribution in [0.15, 0.2) is 18.2 Å². The molecular weight excluding hydrogens is 317 g/mol. The van der Waals surface area contributed by atoms with Gasteiger partial charge >= 0.3 is 6.18 Å². The lowest BCUT2D eigenvalue weighted by Crippen LogP contribution is -2.52. The Labute approximate surface area is 133 Å². The number of alkyl halides is 3. The molecule has 0 atom stereocenters. The van der Waals surface area contributed by atoms with Crippen LogP contribution in [0, 0.1) is 6.92 Å². The summed E-state index contributed by atoms with van der Waals surface area (Å²) in [5.74, 6) is -0.398. The first-order chi connectivity index (χ1) is 9.72. The minimum atomic E-state index is -4.43. The summed E-state index contributed by atoms with van der Waals surface area (Å²) in [5.41, 5.74) is 5.09. The van der Waals surface area contributed by atoms with Gasteiger partial charge in [0.2, 0.25) is 5.91 Å². The maximum absolute atomic E-state index is 12.7. The van der Waals surface area contributed by atoms with Crippen LogP contribution in [0.1, 0.15) is 43.2 Å². The minimum Gasteiger partial charge on any atom is -0.324 e. The topological polar surface area (TPSA) is 55.1 Å². The third-order valence-electron chi connectivity index (χ3n) is 4.01. The number of halogens is 4. The summed E-state index contributed by atoms with van der Waals surface area (Å²) in [6.45, 7) is 1.65. The van der Waals surface area contributed by atoms with Crippen molar-refractivity contribution in [3.05, 3.63) is 29.3 Å². The summed E-state index contributed by atoms with van der Waals surface area (Å²) in [6.07, 6.45) is -0.530. The molecule has 22 heavy (non-hydrogen) atoms. The van der Waals surface area contributed by atoms with Gasteiger partial charge in [0.25, 0.3) is 0 Å². The quantitative estimate of drug-likeness (QED) is 0.856. The molecule has 0 saturated heterocycles. The first kappa shape index (κ1) is 18.8. The van der Waals surface area contributed by atoms with E-state index in [2.05, 4.69) is 5.32 Å². The fraction of sp³-hybridized carbons (Fsp3) is 0.533. The van der Waals surface area contributed by atoms with E-state index in [-0.39, 0.29) is 18.1 Å². The zero-order valence-corrected chi connectivity index (χ0v) is 13.1. The monoisotopic (exact) mass is 336 g/mol. The van der Waals surface area contributed by atoms with Gasteiger partial charge in [0, 0.05) is 5.69 Å². The van der Waals surface area contributed by atoms with Crippen LogP contribution in [-0.4, -0.2) is 11.4 Å². The average molecular weight is 337 g/mol. The molecule has 1 aromatic carbocycles. The van der Waals surface area contributed by atoms with Gasteiger partial charge in [0.1, 0.15) is 0 Å². The maximum atomic E-state index is 12.7.